The van der Waals surface area contributed by atoms with Crippen molar-refractivity contribution in [2.24, 2.45) is 52.3 Å². The van der Waals surface area contributed by atoms with Crippen molar-refractivity contribution in [1.29, 1.82) is 0 Å². The number of fused-ring (bicyclic) bond motifs is 5. The summed E-state index contributed by atoms with van der Waals surface area (Å²) in [6.07, 6.45) is 15.5. The summed E-state index contributed by atoms with van der Waals surface area (Å²) >= 11 is 0. The van der Waals surface area contributed by atoms with Gasteiger partial charge in [0.25, 0.3) is 0 Å². The second-order valence-electron chi connectivity index (χ2n) is 14.4. The van der Waals surface area contributed by atoms with Crippen LogP contribution < -0.4 is 0 Å². The van der Waals surface area contributed by atoms with Gasteiger partial charge in [-0.3, -0.25) is 0 Å². The van der Waals surface area contributed by atoms with Crippen LogP contribution in [0.3, 0.4) is 0 Å². The molecule has 2 heteroatoms. The van der Waals surface area contributed by atoms with Gasteiger partial charge in [-0.05, 0) is 122 Å². The van der Waals surface area contributed by atoms with Crippen LogP contribution in [0.15, 0.2) is 42.0 Å². The first-order chi connectivity index (χ1) is 17.6. The van der Waals surface area contributed by atoms with Gasteiger partial charge in [0.05, 0.1) is 5.56 Å². The number of esters is 1. The highest BCUT2D eigenvalue weighted by Crippen LogP contribution is 2.67. The first-order valence-electron chi connectivity index (χ1n) is 15.6. The van der Waals surface area contributed by atoms with Crippen LogP contribution in [0, 0.1) is 52.3 Å². The molecule has 0 heterocycles. The molecule has 1 aromatic rings. The summed E-state index contributed by atoms with van der Waals surface area (Å²) in [5, 5.41) is 0. The van der Waals surface area contributed by atoms with E-state index in [2.05, 4.69) is 47.6 Å². The Balaban J connectivity index is 1.26. The summed E-state index contributed by atoms with van der Waals surface area (Å²) in [6, 6.07) is 9.47. The maximum Gasteiger partial charge on any atom is 0.338 e. The monoisotopic (exact) mass is 504 g/mol. The van der Waals surface area contributed by atoms with Crippen molar-refractivity contribution in [2.45, 2.75) is 112 Å². The average molecular weight is 505 g/mol. The van der Waals surface area contributed by atoms with E-state index in [4.69, 9.17) is 4.74 Å². The number of benzene rings is 1. The number of allylic oxidation sites excluding steroid dienone is 1. The van der Waals surface area contributed by atoms with Crippen LogP contribution in [0.4, 0.5) is 0 Å². The summed E-state index contributed by atoms with van der Waals surface area (Å²) in [5.74, 6) is 5.84. The van der Waals surface area contributed by atoms with Crippen molar-refractivity contribution in [2.75, 3.05) is 0 Å². The second kappa shape index (κ2) is 10.5. The minimum Gasteiger partial charge on any atom is -0.455 e. The highest BCUT2D eigenvalue weighted by atomic mass is 16.5. The first-order valence-corrected chi connectivity index (χ1v) is 15.6. The highest BCUT2D eigenvalue weighted by Gasteiger charge is 2.59. The lowest BCUT2D eigenvalue weighted by Gasteiger charge is -2.59. The standard InChI is InChI=1S/C35H52O2/c1-23(2)24(3)12-13-25(4)30-16-17-31-29-15-14-27-22-28(37-33(36)26-10-8-7-9-11-26)18-20-34(27,5)32(29)19-21-35(30,31)6/h7-11,22-25,28-32H,12-21H2,1-6H3/t24-,25+,28-,29-,30+,31-,32-,34-,35+/m0/s1. The zero-order valence-electron chi connectivity index (χ0n) is 24.5. The number of rotatable bonds is 7. The van der Waals surface area contributed by atoms with Gasteiger partial charge in [0.2, 0.25) is 0 Å². The number of ether oxygens (including phenoxy) is 1. The Morgan fingerprint density at radius 1 is 0.919 bits per heavy atom. The van der Waals surface area contributed by atoms with E-state index in [9.17, 15) is 4.79 Å². The van der Waals surface area contributed by atoms with Crippen molar-refractivity contribution < 1.29 is 9.53 Å². The van der Waals surface area contributed by atoms with E-state index >= 15 is 0 Å². The largest absolute Gasteiger partial charge is 0.455 e. The molecule has 0 spiro atoms. The van der Waals surface area contributed by atoms with Crippen LogP contribution in [-0.2, 0) is 4.74 Å². The molecule has 37 heavy (non-hydrogen) atoms. The van der Waals surface area contributed by atoms with Crippen LogP contribution in [-0.4, -0.2) is 12.1 Å². The smallest absolute Gasteiger partial charge is 0.338 e. The third kappa shape index (κ3) is 4.96. The molecule has 1 aromatic carbocycles. The number of hydrogen-bond donors (Lipinski definition) is 0. The highest BCUT2D eigenvalue weighted by molar-refractivity contribution is 5.89. The van der Waals surface area contributed by atoms with Gasteiger partial charge in [-0.1, -0.05) is 78.2 Å². The molecule has 3 fully saturated rings. The maximum absolute atomic E-state index is 12.7. The minimum atomic E-state index is -0.179. The quantitative estimate of drug-likeness (QED) is 0.273. The average Bonchev–Trinajstić information content (AvgIpc) is 3.25. The lowest BCUT2D eigenvalue weighted by Crippen LogP contribution is -2.51. The fourth-order valence-electron chi connectivity index (χ4n) is 9.60. The maximum atomic E-state index is 12.7. The normalized spacial score (nSPS) is 38.7. The molecule has 0 N–H and O–H groups in total. The molecule has 9 atom stereocenters. The van der Waals surface area contributed by atoms with Crippen LogP contribution in [0.25, 0.3) is 0 Å². The lowest BCUT2D eigenvalue weighted by molar-refractivity contribution is -0.0637. The third-order valence-corrected chi connectivity index (χ3v) is 12.3. The van der Waals surface area contributed by atoms with Gasteiger partial charge >= 0.3 is 5.97 Å². The molecule has 2 nitrogen and oxygen atoms in total. The SMILES string of the molecule is CC(C)[C@@H](C)CC[C@@H](C)[C@H]1CC[C@H]2[C@@H]3CCC4=C[C@@H](OC(=O)c5ccccc5)CC[C@]4(C)[C@H]3CC[C@]12C. The van der Waals surface area contributed by atoms with Crippen LogP contribution >= 0.6 is 0 Å². The van der Waals surface area contributed by atoms with Crippen molar-refractivity contribution in [1.82, 2.24) is 0 Å². The Labute approximate surface area is 227 Å². The molecule has 4 aliphatic rings. The topological polar surface area (TPSA) is 26.3 Å². The van der Waals surface area contributed by atoms with Crippen LogP contribution in [0.1, 0.15) is 116 Å². The van der Waals surface area contributed by atoms with Crippen LogP contribution in [0.5, 0.6) is 0 Å². The predicted molar refractivity (Wildman–Crippen MR) is 153 cm³/mol. The molecule has 204 valence electrons. The van der Waals surface area contributed by atoms with Gasteiger partial charge in [-0.15, -0.1) is 0 Å². The summed E-state index contributed by atoms with van der Waals surface area (Å²) < 4.78 is 5.97. The minimum absolute atomic E-state index is 0.0638. The van der Waals surface area contributed by atoms with E-state index < -0.39 is 0 Å². The van der Waals surface area contributed by atoms with E-state index in [1.165, 1.54) is 57.8 Å². The molecule has 0 radical (unpaired) electrons. The molecule has 0 aliphatic heterocycles. The summed E-state index contributed by atoms with van der Waals surface area (Å²) in [7, 11) is 0. The van der Waals surface area contributed by atoms with Gasteiger partial charge in [0.15, 0.2) is 0 Å². The fourth-order valence-corrected chi connectivity index (χ4v) is 9.60. The summed E-state index contributed by atoms with van der Waals surface area (Å²) in [6.45, 7) is 15.1. The van der Waals surface area contributed by atoms with Gasteiger partial charge in [0.1, 0.15) is 6.10 Å². The second-order valence-corrected chi connectivity index (χ2v) is 14.4. The number of hydrogen-bond acceptors (Lipinski definition) is 2. The van der Waals surface area contributed by atoms with E-state index in [1.807, 2.05) is 30.3 Å². The van der Waals surface area contributed by atoms with E-state index in [0.717, 1.165) is 47.8 Å². The Kier molecular flexibility index (Phi) is 7.69. The molecule has 0 unspecified atom stereocenters. The summed E-state index contributed by atoms with van der Waals surface area (Å²) in [4.78, 5) is 12.7. The molecule has 3 saturated carbocycles. The van der Waals surface area contributed by atoms with Gasteiger partial charge < -0.3 is 4.74 Å². The van der Waals surface area contributed by atoms with E-state index in [1.54, 1.807) is 5.57 Å². The van der Waals surface area contributed by atoms with E-state index in [-0.39, 0.29) is 12.1 Å². The molecular formula is C35H52O2. The Morgan fingerprint density at radius 3 is 2.41 bits per heavy atom. The van der Waals surface area contributed by atoms with Crippen molar-refractivity contribution in [3.63, 3.8) is 0 Å². The first kappa shape index (κ1) is 27.0. The van der Waals surface area contributed by atoms with Crippen molar-refractivity contribution in [3.05, 3.63) is 47.5 Å². The Morgan fingerprint density at radius 2 is 1.68 bits per heavy atom. The van der Waals surface area contributed by atoms with Crippen molar-refractivity contribution >= 4 is 5.97 Å². The fraction of sp³-hybridized carbons (Fsp3) is 0.743. The van der Waals surface area contributed by atoms with Crippen molar-refractivity contribution in [3.8, 4) is 0 Å². The zero-order valence-corrected chi connectivity index (χ0v) is 24.5. The predicted octanol–water partition coefficient (Wildman–Crippen LogP) is 9.50. The molecule has 0 amide bonds. The van der Waals surface area contributed by atoms with Crippen LogP contribution in [0.2, 0.25) is 0 Å². The molecular weight excluding hydrogens is 452 g/mol. The zero-order chi connectivity index (χ0) is 26.4. The lowest BCUT2D eigenvalue weighted by atomic mass is 9.46. The van der Waals surface area contributed by atoms with E-state index in [0.29, 0.717) is 16.4 Å². The molecule has 4 aliphatic carbocycles. The molecule has 0 saturated heterocycles. The Hall–Kier alpha value is -1.57. The Bertz CT molecular complexity index is 978. The summed E-state index contributed by atoms with van der Waals surface area (Å²) in [5.41, 5.74) is 3.10. The van der Waals surface area contributed by atoms with Gasteiger partial charge in [-0.25, -0.2) is 4.79 Å². The number of carbonyl (C=O) groups is 1. The van der Waals surface area contributed by atoms with Gasteiger partial charge in [-0.2, -0.15) is 0 Å². The molecule has 0 bridgehead atoms. The molecule has 0 aromatic heterocycles. The third-order valence-electron chi connectivity index (χ3n) is 12.3. The van der Waals surface area contributed by atoms with Gasteiger partial charge in [0, 0.05) is 0 Å². The number of carbonyl (C=O) groups excluding carboxylic acids is 1. The molecule has 5 rings (SSSR count).